The van der Waals surface area contributed by atoms with Crippen LogP contribution in [0.2, 0.25) is 0 Å². The molecule has 0 unspecified atom stereocenters. The minimum Gasteiger partial charge on any atom is -0.461 e. The van der Waals surface area contributed by atoms with Crippen molar-refractivity contribution < 1.29 is 9.53 Å². The maximum Gasteiger partial charge on any atom is 0.306 e. The summed E-state index contributed by atoms with van der Waals surface area (Å²) in [6.45, 7) is 4.84. The molecule has 0 bridgehead atoms. The summed E-state index contributed by atoms with van der Waals surface area (Å²) in [4.78, 5) is 11.7. The molecule has 0 aromatic heterocycles. The van der Waals surface area contributed by atoms with Crippen LogP contribution in [0, 0.1) is 0 Å². The second-order valence-electron chi connectivity index (χ2n) is 7.60. The Hall–Kier alpha value is -1.05. The number of rotatable bonds is 20. The second kappa shape index (κ2) is 23.0. The van der Waals surface area contributed by atoms with Crippen LogP contribution < -0.4 is 0 Å². The molecule has 2 nitrogen and oxygen atoms in total. The predicted octanol–water partition coefficient (Wildman–Crippen LogP) is 8.31. The van der Waals surface area contributed by atoms with Gasteiger partial charge < -0.3 is 4.74 Å². The second-order valence-corrected chi connectivity index (χ2v) is 7.60. The first-order chi connectivity index (χ1) is 13.3. The van der Waals surface area contributed by atoms with Crippen LogP contribution in [0.1, 0.15) is 123 Å². The molecule has 0 amide bonds. The average Bonchev–Trinajstić information content (AvgIpc) is 2.67. The van der Waals surface area contributed by atoms with E-state index in [1.807, 2.05) is 6.08 Å². The van der Waals surface area contributed by atoms with Crippen molar-refractivity contribution in [3.63, 3.8) is 0 Å². The Labute approximate surface area is 169 Å². The molecule has 0 spiro atoms. The van der Waals surface area contributed by atoms with E-state index in [0.29, 0.717) is 13.0 Å². The molecule has 0 aromatic carbocycles. The molecular formula is C25H46O2. The molecule has 158 valence electrons. The smallest absolute Gasteiger partial charge is 0.306 e. The fourth-order valence-electron chi connectivity index (χ4n) is 3.16. The Kier molecular flexibility index (Phi) is 22.1. The highest BCUT2D eigenvalue weighted by atomic mass is 16.5. The van der Waals surface area contributed by atoms with Crippen molar-refractivity contribution in [3.8, 4) is 0 Å². The fourth-order valence-corrected chi connectivity index (χ4v) is 3.16. The van der Waals surface area contributed by atoms with Gasteiger partial charge >= 0.3 is 5.97 Å². The number of ether oxygens (including phenoxy) is 1. The van der Waals surface area contributed by atoms with Crippen molar-refractivity contribution in [2.24, 2.45) is 0 Å². The predicted molar refractivity (Wildman–Crippen MR) is 119 cm³/mol. The number of allylic oxidation sites excluding steroid dienone is 3. The van der Waals surface area contributed by atoms with Crippen molar-refractivity contribution in [3.05, 3.63) is 24.3 Å². The molecule has 27 heavy (non-hydrogen) atoms. The molecular weight excluding hydrogens is 332 g/mol. The first-order valence-electron chi connectivity index (χ1n) is 11.8. The van der Waals surface area contributed by atoms with Gasteiger partial charge in [-0.1, -0.05) is 115 Å². The van der Waals surface area contributed by atoms with Crippen LogP contribution in [0.4, 0.5) is 0 Å². The topological polar surface area (TPSA) is 26.3 Å². The largest absolute Gasteiger partial charge is 0.461 e. The van der Waals surface area contributed by atoms with E-state index >= 15 is 0 Å². The zero-order chi connectivity index (χ0) is 19.8. The van der Waals surface area contributed by atoms with Gasteiger partial charge in [0.15, 0.2) is 0 Å². The SMILES string of the molecule is CC/C=C\CC/C=C/COC(=O)CCCCCCCCCCCCCCC. The lowest BCUT2D eigenvalue weighted by Crippen LogP contribution is -2.03. The van der Waals surface area contributed by atoms with E-state index in [-0.39, 0.29) is 5.97 Å². The van der Waals surface area contributed by atoms with Crippen molar-refractivity contribution in [1.29, 1.82) is 0 Å². The van der Waals surface area contributed by atoms with E-state index in [1.54, 1.807) is 0 Å². The van der Waals surface area contributed by atoms with Crippen molar-refractivity contribution >= 4 is 5.97 Å². The monoisotopic (exact) mass is 378 g/mol. The highest BCUT2D eigenvalue weighted by molar-refractivity contribution is 5.69. The molecule has 0 N–H and O–H groups in total. The lowest BCUT2D eigenvalue weighted by molar-refractivity contribution is -0.142. The Balaban J connectivity index is 3.23. The Morgan fingerprint density at radius 3 is 1.63 bits per heavy atom. The van der Waals surface area contributed by atoms with Gasteiger partial charge in [0.1, 0.15) is 6.61 Å². The molecule has 0 saturated carbocycles. The molecule has 0 atom stereocenters. The summed E-state index contributed by atoms with van der Waals surface area (Å²) in [5.74, 6) is -0.0476. The van der Waals surface area contributed by atoms with Crippen molar-refractivity contribution in [1.82, 2.24) is 0 Å². The van der Waals surface area contributed by atoms with Crippen LogP contribution in [-0.2, 0) is 9.53 Å². The number of hydrogen-bond acceptors (Lipinski definition) is 2. The standard InChI is InChI=1S/C25H46O2/c1-3-5-7-9-11-12-13-14-15-16-17-19-21-23-25(26)27-24-22-20-18-10-8-6-4-2/h6,8,20,22H,3-5,7,9-19,21,23-24H2,1-2H3/b8-6-,22-20+. The third kappa shape index (κ3) is 22.9. The molecule has 0 heterocycles. The van der Waals surface area contributed by atoms with Gasteiger partial charge in [-0.05, 0) is 25.7 Å². The zero-order valence-corrected chi connectivity index (χ0v) is 18.4. The average molecular weight is 379 g/mol. The third-order valence-corrected chi connectivity index (χ3v) is 4.89. The number of hydrogen-bond donors (Lipinski definition) is 0. The van der Waals surface area contributed by atoms with Crippen LogP contribution in [0.5, 0.6) is 0 Å². The third-order valence-electron chi connectivity index (χ3n) is 4.89. The summed E-state index contributed by atoms with van der Waals surface area (Å²) in [5.41, 5.74) is 0. The van der Waals surface area contributed by atoms with E-state index in [2.05, 4.69) is 32.1 Å². The van der Waals surface area contributed by atoms with E-state index in [9.17, 15) is 4.79 Å². The number of carbonyl (C=O) groups excluding carboxylic acids is 1. The minimum atomic E-state index is -0.0476. The van der Waals surface area contributed by atoms with Gasteiger partial charge in [-0.3, -0.25) is 4.79 Å². The Bertz CT molecular complexity index is 357. The maximum atomic E-state index is 11.7. The molecule has 0 aliphatic carbocycles. The summed E-state index contributed by atoms with van der Waals surface area (Å²) in [6.07, 6.45) is 29.5. The Morgan fingerprint density at radius 2 is 1.11 bits per heavy atom. The van der Waals surface area contributed by atoms with Gasteiger partial charge in [0.25, 0.3) is 0 Å². The summed E-state index contributed by atoms with van der Waals surface area (Å²) in [5, 5.41) is 0. The van der Waals surface area contributed by atoms with Crippen molar-refractivity contribution in [2.75, 3.05) is 6.61 Å². The lowest BCUT2D eigenvalue weighted by atomic mass is 10.0. The Morgan fingerprint density at radius 1 is 0.630 bits per heavy atom. The van der Waals surface area contributed by atoms with Crippen molar-refractivity contribution in [2.45, 2.75) is 123 Å². The minimum absolute atomic E-state index is 0.0476. The molecule has 0 saturated heterocycles. The summed E-state index contributed by atoms with van der Waals surface area (Å²) >= 11 is 0. The molecule has 0 aliphatic heterocycles. The van der Waals surface area contributed by atoms with Crippen LogP contribution in [0.25, 0.3) is 0 Å². The molecule has 0 aromatic rings. The lowest BCUT2D eigenvalue weighted by Gasteiger charge is -2.03. The molecule has 0 rings (SSSR count). The normalized spacial score (nSPS) is 11.6. The fraction of sp³-hybridized carbons (Fsp3) is 0.800. The quantitative estimate of drug-likeness (QED) is 0.121. The van der Waals surface area contributed by atoms with Crippen LogP contribution in [0.3, 0.4) is 0 Å². The van der Waals surface area contributed by atoms with Gasteiger partial charge in [0.2, 0.25) is 0 Å². The van der Waals surface area contributed by atoms with E-state index in [1.165, 1.54) is 70.6 Å². The zero-order valence-electron chi connectivity index (χ0n) is 18.4. The van der Waals surface area contributed by atoms with E-state index in [0.717, 1.165) is 32.1 Å². The van der Waals surface area contributed by atoms with Gasteiger partial charge in [-0.15, -0.1) is 0 Å². The molecule has 0 radical (unpaired) electrons. The molecule has 0 aliphatic rings. The highest BCUT2D eigenvalue weighted by Crippen LogP contribution is 2.13. The summed E-state index contributed by atoms with van der Waals surface area (Å²) < 4.78 is 5.23. The maximum absolute atomic E-state index is 11.7. The van der Waals surface area contributed by atoms with Crippen LogP contribution in [0.15, 0.2) is 24.3 Å². The van der Waals surface area contributed by atoms with Gasteiger partial charge in [-0.25, -0.2) is 0 Å². The summed E-state index contributed by atoms with van der Waals surface area (Å²) in [6, 6.07) is 0. The van der Waals surface area contributed by atoms with Gasteiger partial charge in [-0.2, -0.15) is 0 Å². The molecule has 0 fully saturated rings. The van der Waals surface area contributed by atoms with Crippen LogP contribution in [-0.4, -0.2) is 12.6 Å². The van der Waals surface area contributed by atoms with Crippen LogP contribution >= 0.6 is 0 Å². The first kappa shape index (κ1) is 26.0. The number of esters is 1. The van der Waals surface area contributed by atoms with Gasteiger partial charge in [0.05, 0.1) is 0 Å². The number of unbranched alkanes of at least 4 members (excludes halogenated alkanes) is 13. The van der Waals surface area contributed by atoms with Gasteiger partial charge in [0, 0.05) is 6.42 Å². The highest BCUT2D eigenvalue weighted by Gasteiger charge is 2.01. The first-order valence-corrected chi connectivity index (χ1v) is 11.8. The summed E-state index contributed by atoms with van der Waals surface area (Å²) in [7, 11) is 0. The van der Waals surface area contributed by atoms with E-state index in [4.69, 9.17) is 4.74 Å². The molecule has 2 heteroatoms. The van der Waals surface area contributed by atoms with E-state index < -0.39 is 0 Å². The number of carbonyl (C=O) groups is 1.